The fourth-order valence-corrected chi connectivity index (χ4v) is 1.60. The smallest absolute Gasteiger partial charge is 0.390 e. The molecule has 0 rings (SSSR count). The third kappa shape index (κ3) is 3.53. The lowest BCUT2D eigenvalue weighted by Crippen LogP contribution is -2.65. The number of aliphatic hydroxyl groups is 2. The van der Waals surface area contributed by atoms with Crippen molar-refractivity contribution in [3.8, 4) is 0 Å². The minimum Gasteiger partial charge on any atom is -0.390 e. The zero-order valence-corrected chi connectivity index (χ0v) is 10.0. The lowest BCUT2D eigenvalue weighted by atomic mass is 9.91. The van der Waals surface area contributed by atoms with Crippen LogP contribution in [0.3, 0.4) is 0 Å². The summed E-state index contributed by atoms with van der Waals surface area (Å²) >= 11 is 9.00. The second kappa shape index (κ2) is 5.38. The molecule has 0 aromatic rings. The molecule has 0 amide bonds. The fourth-order valence-electron chi connectivity index (χ4n) is 1.07. The Hall–Kier alpha value is -0.0600. The molecule has 0 aliphatic rings. The van der Waals surface area contributed by atoms with Gasteiger partial charge in [0.05, 0.1) is 0 Å². The lowest BCUT2D eigenvalue weighted by molar-refractivity contribution is -0.255. The van der Waals surface area contributed by atoms with Crippen LogP contribution in [0.4, 0.5) is 35.1 Å². The van der Waals surface area contributed by atoms with Crippen molar-refractivity contribution in [2.24, 2.45) is 0 Å². The predicted octanol–water partition coefficient (Wildman–Crippen LogP) is 2.68. The maximum absolute atomic E-state index is 12.8. The second-order valence-corrected chi connectivity index (χ2v) is 4.55. The molecule has 3 atom stereocenters. The summed E-state index contributed by atoms with van der Waals surface area (Å²) in [5.74, 6) is -4.93. The second-order valence-electron chi connectivity index (χ2n) is 3.49. The molecule has 116 valence electrons. The zero-order chi connectivity index (χ0) is 15.9. The highest BCUT2D eigenvalue weighted by molar-refractivity contribution is 6.33. The first-order valence-corrected chi connectivity index (χ1v) is 5.07. The van der Waals surface area contributed by atoms with Crippen LogP contribution < -0.4 is 0 Å². The number of halogens is 10. The Kier molecular flexibility index (Phi) is 5.36. The van der Waals surface area contributed by atoms with Gasteiger partial charge in [0.2, 0.25) is 0 Å². The van der Waals surface area contributed by atoms with Crippen LogP contribution in [0.5, 0.6) is 0 Å². The van der Waals surface area contributed by atoms with Gasteiger partial charge in [-0.3, -0.25) is 0 Å². The van der Waals surface area contributed by atoms with Gasteiger partial charge in [0.1, 0.15) is 12.7 Å². The molecule has 0 saturated heterocycles. The molecule has 0 saturated carbocycles. The number of rotatable bonds is 4. The van der Waals surface area contributed by atoms with E-state index in [1.165, 1.54) is 0 Å². The summed E-state index contributed by atoms with van der Waals surface area (Å²) in [7, 11) is 0. The molecule has 0 aromatic heterocycles. The summed E-state index contributed by atoms with van der Waals surface area (Å²) in [4.78, 5) is -4.92. The van der Waals surface area contributed by atoms with E-state index < -0.39 is 41.2 Å². The molecule has 2 nitrogen and oxygen atoms in total. The zero-order valence-electron chi connectivity index (χ0n) is 8.54. The van der Waals surface area contributed by atoms with Gasteiger partial charge in [0, 0.05) is 0 Å². The SMILES string of the molecule is OCC(F)(F)C(O)C(Cl)(C(Cl)C(F)(F)F)C(F)(F)F. The van der Waals surface area contributed by atoms with E-state index in [-0.39, 0.29) is 0 Å². The van der Waals surface area contributed by atoms with Crippen molar-refractivity contribution in [1.29, 1.82) is 0 Å². The highest BCUT2D eigenvalue weighted by Crippen LogP contribution is 2.51. The minimum absolute atomic E-state index is 2.35. The molecule has 2 N–H and O–H groups in total. The first-order valence-electron chi connectivity index (χ1n) is 4.25. The topological polar surface area (TPSA) is 40.5 Å². The monoisotopic (exact) mass is 344 g/mol. The standard InChI is InChI=1S/C7H6Cl2F8O2/c8-2(6(12,13)14)5(9,7(15,16)17)3(19)4(10,11)1-18/h2-3,18-19H,1H2. The largest absolute Gasteiger partial charge is 0.412 e. The van der Waals surface area contributed by atoms with Crippen LogP contribution in [0.25, 0.3) is 0 Å². The van der Waals surface area contributed by atoms with E-state index in [9.17, 15) is 35.1 Å². The van der Waals surface area contributed by atoms with Crippen LogP contribution in [0.15, 0.2) is 0 Å². The molecule has 3 unspecified atom stereocenters. The molecule has 0 aliphatic heterocycles. The molecule has 12 heteroatoms. The number of hydrogen-bond acceptors (Lipinski definition) is 2. The molecule has 0 bridgehead atoms. The van der Waals surface area contributed by atoms with Gasteiger partial charge in [-0.1, -0.05) is 0 Å². The molecule has 0 heterocycles. The first kappa shape index (κ1) is 18.9. The van der Waals surface area contributed by atoms with Crippen LogP contribution >= 0.6 is 23.2 Å². The highest BCUT2D eigenvalue weighted by Gasteiger charge is 2.73. The quantitative estimate of drug-likeness (QED) is 0.608. The van der Waals surface area contributed by atoms with Crippen LogP contribution in [-0.4, -0.2) is 51.5 Å². The van der Waals surface area contributed by atoms with E-state index in [0.717, 1.165) is 0 Å². The van der Waals surface area contributed by atoms with Crippen LogP contribution in [0.2, 0.25) is 0 Å². The summed E-state index contributed by atoms with van der Waals surface area (Å²) < 4.78 is 99.7. The van der Waals surface area contributed by atoms with Gasteiger partial charge < -0.3 is 10.2 Å². The van der Waals surface area contributed by atoms with Gasteiger partial charge in [-0.25, -0.2) is 8.78 Å². The summed E-state index contributed by atoms with van der Waals surface area (Å²) in [6.45, 7) is -2.35. The Bertz CT molecular complexity index is 317. The predicted molar refractivity (Wildman–Crippen MR) is 48.4 cm³/mol. The van der Waals surface area contributed by atoms with Crippen molar-refractivity contribution < 1.29 is 45.3 Å². The van der Waals surface area contributed by atoms with Gasteiger partial charge in [-0.2, -0.15) is 26.3 Å². The fraction of sp³-hybridized carbons (Fsp3) is 1.00. The van der Waals surface area contributed by atoms with Crippen molar-refractivity contribution in [3.05, 3.63) is 0 Å². The van der Waals surface area contributed by atoms with Crippen LogP contribution in [-0.2, 0) is 0 Å². The average molecular weight is 345 g/mol. The Morgan fingerprint density at radius 2 is 1.32 bits per heavy atom. The third-order valence-corrected chi connectivity index (χ3v) is 3.44. The summed E-state index contributed by atoms with van der Waals surface area (Å²) in [6, 6.07) is 0. The molecule has 0 spiro atoms. The van der Waals surface area contributed by atoms with Gasteiger partial charge in [0.25, 0.3) is 5.92 Å². The van der Waals surface area contributed by atoms with E-state index in [4.69, 9.17) is 10.2 Å². The average Bonchev–Trinajstić information content (AvgIpc) is 2.22. The van der Waals surface area contributed by atoms with Gasteiger partial charge in [0.15, 0.2) is 10.3 Å². The van der Waals surface area contributed by atoms with Crippen LogP contribution in [0, 0.1) is 0 Å². The van der Waals surface area contributed by atoms with Crippen molar-refractivity contribution >= 4 is 23.2 Å². The molecular formula is C7H6Cl2F8O2. The first-order chi connectivity index (χ1) is 8.12. The molecule has 0 radical (unpaired) electrons. The molecule has 0 aliphatic carbocycles. The molecule has 0 fully saturated rings. The molecule has 19 heavy (non-hydrogen) atoms. The Balaban J connectivity index is 5.84. The molecule has 0 aromatic carbocycles. The number of aliphatic hydroxyl groups excluding tert-OH is 2. The van der Waals surface area contributed by atoms with Crippen molar-refractivity contribution in [2.45, 2.75) is 34.6 Å². The Labute approximate surface area is 110 Å². The number of alkyl halides is 10. The van der Waals surface area contributed by atoms with E-state index >= 15 is 0 Å². The Morgan fingerprint density at radius 3 is 1.53 bits per heavy atom. The summed E-state index contributed by atoms with van der Waals surface area (Å²) in [5, 5.41) is 12.9. The maximum Gasteiger partial charge on any atom is 0.412 e. The van der Waals surface area contributed by atoms with E-state index in [1.807, 2.05) is 0 Å². The van der Waals surface area contributed by atoms with Gasteiger partial charge in [-0.05, 0) is 0 Å². The van der Waals surface area contributed by atoms with Crippen molar-refractivity contribution in [1.82, 2.24) is 0 Å². The maximum atomic E-state index is 12.8. The molecular weight excluding hydrogens is 339 g/mol. The highest BCUT2D eigenvalue weighted by atomic mass is 35.5. The summed E-state index contributed by atoms with van der Waals surface area (Å²) in [6.07, 6.45) is -16.0. The lowest BCUT2D eigenvalue weighted by Gasteiger charge is -2.40. The van der Waals surface area contributed by atoms with Crippen molar-refractivity contribution in [2.75, 3.05) is 6.61 Å². The van der Waals surface area contributed by atoms with Gasteiger partial charge >= 0.3 is 12.4 Å². The third-order valence-electron chi connectivity index (χ3n) is 2.10. The van der Waals surface area contributed by atoms with E-state index in [0.29, 0.717) is 0 Å². The van der Waals surface area contributed by atoms with Crippen molar-refractivity contribution in [3.63, 3.8) is 0 Å². The Morgan fingerprint density at radius 1 is 0.947 bits per heavy atom. The van der Waals surface area contributed by atoms with Crippen LogP contribution in [0.1, 0.15) is 0 Å². The normalized spacial score (nSPS) is 20.8. The van der Waals surface area contributed by atoms with E-state index in [2.05, 4.69) is 23.2 Å². The van der Waals surface area contributed by atoms with E-state index in [1.54, 1.807) is 0 Å². The summed E-state index contributed by atoms with van der Waals surface area (Å²) in [5.41, 5.74) is 0. The minimum atomic E-state index is -6.12. The number of hydrogen-bond donors (Lipinski definition) is 2. The van der Waals surface area contributed by atoms with Gasteiger partial charge in [-0.15, -0.1) is 23.2 Å².